The van der Waals surface area contributed by atoms with Crippen molar-refractivity contribution in [2.45, 2.75) is 43.7 Å². The third kappa shape index (κ3) is 6.42. The van der Waals surface area contributed by atoms with Crippen molar-refractivity contribution >= 4 is 47.7 Å². The minimum absolute atomic E-state index is 0.0498. The molecule has 1 saturated heterocycles. The lowest BCUT2D eigenvalue weighted by molar-refractivity contribution is -0.144. The Bertz CT molecular complexity index is 1970. The fourth-order valence-corrected chi connectivity index (χ4v) is 6.54. The number of carbonyl (C=O) groups excluding carboxylic acids is 5. The molecular formula is C37H36N6O7. The standard InChI is InChI=1S/C37H36N6O7/c1-23-17-31(41-35(38)40-23)50-16-6-7-24-10-12-30-28(18-24)33(47)39-21-32(46)43(30)29-13-11-25(19-27(29)26-8-4-3-5-9-26)20-37(34(48)49-2)36(22-45,42-37)14-15-44/h3-5,8-13,15,17-19,22,42H,6-7,14,16,20-21H2,1-2H3,(H,39,47)(H2,38,40,41)/t36?,37-/m0/s1. The van der Waals surface area contributed by atoms with Crippen molar-refractivity contribution in [3.05, 3.63) is 95.2 Å². The van der Waals surface area contributed by atoms with E-state index in [1.165, 1.54) is 12.0 Å². The number of esters is 1. The van der Waals surface area contributed by atoms with Crippen molar-refractivity contribution in [1.82, 2.24) is 20.6 Å². The minimum Gasteiger partial charge on any atom is -0.478 e. The molecule has 50 heavy (non-hydrogen) atoms. The average Bonchev–Trinajstić information content (AvgIpc) is 3.79. The van der Waals surface area contributed by atoms with Crippen molar-refractivity contribution < 1.29 is 33.4 Å². The van der Waals surface area contributed by atoms with Crippen LogP contribution < -0.4 is 26.0 Å². The number of nitrogen functional groups attached to an aromatic ring is 1. The summed E-state index contributed by atoms with van der Waals surface area (Å²) >= 11 is 0. The maximum Gasteiger partial charge on any atom is 0.328 e. The number of ether oxygens (including phenoxy) is 2. The van der Waals surface area contributed by atoms with E-state index in [-0.39, 0.29) is 37.1 Å². The number of hydrogen-bond acceptors (Lipinski definition) is 11. The van der Waals surface area contributed by atoms with Crippen molar-refractivity contribution in [3.63, 3.8) is 0 Å². The van der Waals surface area contributed by atoms with Gasteiger partial charge in [0.05, 0.1) is 37.2 Å². The van der Waals surface area contributed by atoms with Gasteiger partial charge in [0.2, 0.25) is 11.8 Å². The first-order chi connectivity index (χ1) is 24.1. The lowest BCUT2D eigenvalue weighted by atomic mass is 9.85. The summed E-state index contributed by atoms with van der Waals surface area (Å²) in [6, 6.07) is 21.9. The lowest BCUT2D eigenvalue weighted by Gasteiger charge is -2.26. The summed E-state index contributed by atoms with van der Waals surface area (Å²) < 4.78 is 10.8. The molecule has 3 heterocycles. The number of carbonyl (C=O) groups is 5. The van der Waals surface area contributed by atoms with E-state index < -0.39 is 17.0 Å². The van der Waals surface area contributed by atoms with Gasteiger partial charge in [-0.3, -0.25) is 19.8 Å². The highest BCUT2D eigenvalue weighted by molar-refractivity contribution is 6.14. The van der Waals surface area contributed by atoms with Gasteiger partial charge in [-0.05, 0) is 60.7 Å². The number of fused-ring (bicyclic) bond motifs is 1. The molecule has 6 rings (SSSR count). The predicted molar refractivity (Wildman–Crippen MR) is 184 cm³/mol. The third-order valence-electron chi connectivity index (χ3n) is 9.04. The first kappa shape index (κ1) is 33.9. The van der Waals surface area contributed by atoms with Crippen LogP contribution in [0.4, 0.5) is 17.3 Å². The molecular weight excluding hydrogens is 640 g/mol. The highest BCUT2D eigenvalue weighted by Crippen LogP contribution is 2.45. The van der Waals surface area contributed by atoms with Crippen molar-refractivity contribution in [3.8, 4) is 17.0 Å². The Balaban J connectivity index is 1.33. The van der Waals surface area contributed by atoms with Gasteiger partial charge in [0.15, 0.2) is 0 Å². The number of aldehydes is 2. The number of nitrogens with one attached hydrogen (secondary N) is 2. The zero-order valence-electron chi connectivity index (χ0n) is 27.6. The molecule has 4 aromatic rings. The smallest absolute Gasteiger partial charge is 0.328 e. The van der Waals surface area contributed by atoms with Gasteiger partial charge in [0, 0.05) is 30.2 Å². The number of aryl methyl sites for hydroxylation is 2. The van der Waals surface area contributed by atoms with Crippen LogP contribution in [0.15, 0.2) is 72.8 Å². The number of methoxy groups -OCH3 is 1. The number of hydrogen-bond donors (Lipinski definition) is 3. The Morgan fingerprint density at radius 3 is 2.40 bits per heavy atom. The zero-order chi connectivity index (χ0) is 35.5. The highest BCUT2D eigenvalue weighted by atomic mass is 16.5. The summed E-state index contributed by atoms with van der Waals surface area (Å²) in [5, 5.41) is 5.68. The van der Waals surface area contributed by atoms with Crippen LogP contribution in [0.2, 0.25) is 0 Å². The zero-order valence-corrected chi connectivity index (χ0v) is 27.6. The van der Waals surface area contributed by atoms with Crippen molar-refractivity contribution in [2.24, 2.45) is 0 Å². The molecule has 256 valence electrons. The van der Waals surface area contributed by atoms with E-state index in [0.717, 1.165) is 11.1 Å². The monoisotopic (exact) mass is 676 g/mol. The second-order valence-corrected chi connectivity index (χ2v) is 12.3. The van der Waals surface area contributed by atoms with Crippen LogP contribution in [-0.2, 0) is 36.8 Å². The van der Waals surface area contributed by atoms with Gasteiger partial charge in [-0.15, -0.1) is 0 Å². The van der Waals surface area contributed by atoms with Gasteiger partial charge in [0.25, 0.3) is 11.8 Å². The topological polar surface area (TPSA) is 193 Å². The van der Waals surface area contributed by atoms with Crippen LogP contribution in [0.5, 0.6) is 5.88 Å². The van der Waals surface area contributed by atoms with Gasteiger partial charge in [-0.2, -0.15) is 4.98 Å². The maximum absolute atomic E-state index is 13.8. The molecule has 0 bridgehead atoms. The molecule has 1 fully saturated rings. The molecule has 0 spiro atoms. The van der Waals surface area contributed by atoms with Crippen LogP contribution in [0.25, 0.3) is 11.1 Å². The van der Waals surface area contributed by atoms with Crippen LogP contribution in [0, 0.1) is 6.92 Å². The van der Waals surface area contributed by atoms with Crippen LogP contribution in [-0.4, -0.2) is 71.7 Å². The minimum atomic E-state index is -1.43. The molecule has 0 saturated carbocycles. The largest absolute Gasteiger partial charge is 0.478 e. The van der Waals surface area contributed by atoms with E-state index in [1.54, 1.807) is 37.3 Å². The van der Waals surface area contributed by atoms with Crippen LogP contribution in [0.3, 0.4) is 0 Å². The third-order valence-corrected chi connectivity index (χ3v) is 9.04. The summed E-state index contributed by atoms with van der Waals surface area (Å²) in [6.45, 7) is 1.95. The Hall–Kier alpha value is -5.95. The predicted octanol–water partition coefficient (Wildman–Crippen LogP) is 3.04. The molecule has 0 radical (unpaired) electrons. The molecule has 13 nitrogen and oxygen atoms in total. The van der Waals surface area contributed by atoms with E-state index in [4.69, 9.17) is 15.2 Å². The molecule has 3 aromatic carbocycles. The maximum atomic E-state index is 13.8. The van der Waals surface area contributed by atoms with E-state index >= 15 is 0 Å². The van der Waals surface area contributed by atoms with E-state index in [1.807, 2.05) is 42.5 Å². The number of aromatic nitrogens is 2. The molecule has 2 aliphatic rings. The van der Waals surface area contributed by atoms with Crippen LogP contribution in [0.1, 0.15) is 40.0 Å². The van der Waals surface area contributed by atoms with Gasteiger partial charge in [-0.1, -0.05) is 42.5 Å². The highest BCUT2D eigenvalue weighted by Gasteiger charge is 2.72. The molecule has 4 N–H and O–H groups in total. The van der Waals surface area contributed by atoms with Gasteiger partial charge < -0.3 is 30.1 Å². The van der Waals surface area contributed by atoms with E-state index in [2.05, 4.69) is 20.6 Å². The first-order valence-corrected chi connectivity index (χ1v) is 16.1. The molecule has 1 aromatic heterocycles. The Morgan fingerprint density at radius 1 is 0.980 bits per heavy atom. The SMILES string of the molecule is COC(=O)[C@]1(Cc2ccc(N3C(=O)CNC(=O)c4cc(CCCOc5cc(C)nc(N)n5)ccc43)c(-c3ccccc3)c2)NC1(C=O)CC=O. The first-order valence-electron chi connectivity index (χ1n) is 16.1. The quantitative estimate of drug-likeness (QED) is 0.0816. The van der Waals surface area contributed by atoms with E-state index in [9.17, 15) is 24.0 Å². The summed E-state index contributed by atoms with van der Waals surface area (Å²) in [6.07, 6.45) is 2.26. The van der Waals surface area contributed by atoms with Gasteiger partial charge >= 0.3 is 5.97 Å². The summed E-state index contributed by atoms with van der Waals surface area (Å²) in [7, 11) is 1.23. The Kier molecular flexibility index (Phi) is 9.42. The number of benzene rings is 3. The second kappa shape index (κ2) is 13.9. The molecule has 2 amide bonds. The Morgan fingerprint density at radius 2 is 1.70 bits per heavy atom. The number of nitrogens with zero attached hydrogens (tertiary/aromatic N) is 3. The molecule has 0 aliphatic carbocycles. The number of anilines is 3. The number of nitrogens with two attached hydrogens (primary N) is 1. The molecule has 1 unspecified atom stereocenters. The fourth-order valence-electron chi connectivity index (χ4n) is 6.54. The average molecular weight is 677 g/mol. The number of amides is 2. The summed E-state index contributed by atoms with van der Waals surface area (Å²) in [5.74, 6) is -0.847. The van der Waals surface area contributed by atoms with Crippen molar-refractivity contribution in [1.29, 1.82) is 0 Å². The fraction of sp³-hybridized carbons (Fsp3) is 0.270. The van der Waals surface area contributed by atoms with Crippen molar-refractivity contribution in [2.75, 3.05) is 30.9 Å². The van der Waals surface area contributed by atoms with Crippen LogP contribution >= 0.6 is 0 Å². The van der Waals surface area contributed by atoms with Gasteiger partial charge in [-0.25, -0.2) is 9.78 Å². The van der Waals surface area contributed by atoms with Gasteiger partial charge in [0.1, 0.15) is 23.7 Å². The summed E-state index contributed by atoms with van der Waals surface area (Å²) in [5.41, 5.74) is 7.87. The lowest BCUT2D eigenvalue weighted by Crippen LogP contribution is -2.39. The number of rotatable bonds is 13. The van der Waals surface area contributed by atoms with E-state index in [0.29, 0.717) is 71.7 Å². The second-order valence-electron chi connectivity index (χ2n) is 12.3. The Labute approximate surface area is 288 Å². The molecule has 2 atom stereocenters. The normalized spacial score (nSPS) is 19.5. The molecule has 2 aliphatic heterocycles. The molecule has 13 heteroatoms. The summed E-state index contributed by atoms with van der Waals surface area (Å²) in [4.78, 5) is 73.3.